The standard InChI is InChI=1S/C31H44N2O7/c1-5-6-25(36)33(15-18-7-8-19-13-22(18)31(19,2)3)23-14-21(30(38)32-9-10-34)26-20-11-17(16-35)12-24(39-4)28(20)40-29(26)27(23)37/h11-12,14,18-19,22-23,26-27,29,34-35,37H,5-10,13,15-16H2,1-4H3,(H,32,38). The summed E-state index contributed by atoms with van der Waals surface area (Å²) in [4.78, 5) is 29.0. The lowest BCUT2D eigenvalue weighted by molar-refractivity contribution is -0.146. The molecule has 5 aliphatic rings. The predicted octanol–water partition coefficient (Wildman–Crippen LogP) is 2.51. The predicted molar refractivity (Wildman–Crippen MR) is 149 cm³/mol. The molecule has 7 unspecified atom stereocenters. The van der Waals surface area contributed by atoms with Crippen molar-refractivity contribution in [2.45, 2.75) is 83.6 Å². The van der Waals surface area contributed by atoms with Crippen molar-refractivity contribution in [2.24, 2.45) is 23.2 Å². The van der Waals surface area contributed by atoms with E-state index in [4.69, 9.17) is 9.47 Å². The Kier molecular flexibility index (Phi) is 8.19. The molecule has 0 saturated heterocycles. The summed E-state index contributed by atoms with van der Waals surface area (Å²) in [6, 6.07) is 2.72. The largest absolute Gasteiger partial charge is 0.493 e. The third kappa shape index (κ3) is 4.80. The second-order valence-electron chi connectivity index (χ2n) is 12.5. The quantitative estimate of drug-likeness (QED) is 0.349. The van der Waals surface area contributed by atoms with E-state index in [1.165, 1.54) is 13.5 Å². The summed E-state index contributed by atoms with van der Waals surface area (Å²) < 4.78 is 11.9. The maximum atomic E-state index is 13.6. The third-order valence-electron chi connectivity index (χ3n) is 10.1. The first kappa shape index (κ1) is 28.9. The van der Waals surface area contributed by atoms with Gasteiger partial charge in [0.05, 0.1) is 32.3 Å². The van der Waals surface area contributed by atoms with Gasteiger partial charge in [0.15, 0.2) is 11.5 Å². The Balaban J connectivity index is 1.55. The molecule has 6 rings (SSSR count). The highest BCUT2D eigenvalue weighted by molar-refractivity contribution is 5.96. The molecule has 2 bridgehead atoms. The SMILES string of the molecule is CCCC(=O)N(CC1CCC2CC1C2(C)C)C1C=C(C(=O)NCCO)C2c3cc(CO)cc(OC)c3OC2C1O. The van der Waals surface area contributed by atoms with Crippen molar-refractivity contribution in [1.29, 1.82) is 0 Å². The van der Waals surface area contributed by atoms with Gasteiger partial charge in [-0.2, -0.15) is 0 Å². The number of carbonyl (C=O) groups excluding carboxylic acids is 2. The molecule has 0 radical (unpaired) electrons. The van der Waals surface area contributed by atoms with E-state index in [0.717, 1.165) is 18.8 Å². The molecule has 9 heteroatoms. The maximum Gasteiger partial charge on any atom is 0.247 e. The van der Waals surface area contributed by atoms with Crippen LogP contribution < -0.4 is 14.8 Å². The van der Waals surface area contributed by atoms with Crippen molar-refractivity contribution in [2.75, 3.05) is 26.8 Å². The molecule has 3 fully saturated rings. The van der Waals surface area contributed by atoms with Crippen molar-refractivity contribution in [1.82, 2.24) is 10.2 Å². The van der Waals surface area contributed by atoms with E-state index in [2.05, 4.69) is 19.2 Å². The minimum absolute atomic E-state index is 0.0359. The van der Waals surface area contributed by atoms with Crippen molar-refractivity contribution in [3.05, 3.63) is 34.9 Å². The number of fused-ring (bicyclic) bond motifs is 5. The van der Waals surface area contributed by atoms with Gasteiger partial charge in [-0.05, 0) is 72.6 Å². The Morgan fingerprint density at radius 1 is 1.23 bits per heavy atom. The van der Waals surface area contributed by atoms with Gasteiger partial charge in [-0.15, -0.1) is 0 Å². The summed E-state index contributed by atoms with van der Waals surface area (Å²) >= 11 is 0. The van der Waals surface area contributed by atoms with Crippen molar-refractivity contribution in [3.8, 4) is 11.5 Å². The highest BCUT2D eigenvalue weighted by Gasteiger charge is 2.56. The van der Waals surface area contributed by atoms with Gasteiger partial charge in [0.2, 0.25) is 11.8 Å². The minimum atomic E-state index is -1.08. The summed E-state index contributed by atoms with van der Waals surface area (Å²) in [5.41, 5.74) is 1.88. The van der Waals surface area contributed by atoms with Gasteiger partial charge in [-0.25, -0.2) is 0 Å². The van der Waals surface area contributed by atoms with Gasteiger partial charge in [0.25, 0.3) is 0 Å². The number of nitrogens with zero attached hydrogens (tertiary/aromatic N) is 1. The number of hydrogen-bond acceptors (Lipinski definition) is 7. The molecule has 7 atom stereocenters. The molecular formula is C31H44N2O7. The Labute approximate surface area is 236 Å². The van der Waals surface area contributed by atoms with E-state index in [0.29, 0.717) is 59.4 Å². The number of methoxy groups -OCH3 is 1. The zero-order valence-electron chi connectivity index (χ0n) is 24.1. The number of rotatable bonds is 10. The molecule has 2 amide bonds. The Bertz CT molecular complexity index is 1160. The van der Waals surface area contributed by atoms with Crippen molar-refractivity contribution in [3.63, 3.8) is 0 Å². The summed E-state index contributed by atoms with van der Waals surface area (Å²) in [7, 11) is 1.51. The van der Waals surface area contributed by atoms with E-state index in [1.54, 1.807) is 23.1 Å². The normalized spacial score (nSPS) is 31.2. The molecule has 4 N–H and O–H groups in total. The lowest BCUT2D eigenvalue weighted by Gasteiger charge is -2.61. The molecule has 220 valence electrons. The van der Waals surface area contributed by atoms with Crippen LogP contribution >= 0.6 is 0 Å². The van der Waals surface area contributed by atoms with E-state index >= 15 is 0 Å². The molecular weight excluding hydrogens is 512 g/mol. The van der Waals surface area contributed by atoms with Gasteiger partial charge in [0, 0.05) is 30.6 Å². The lowest BCUT2D eigenvalue weighted by atomic mass is 9.45. The summed E-state index contributed by atoms with van der Waals surface area (Å²) in [5, 5.41) is 33.8. The first-order valence-electron chi connectivity index (χ1n) is 14.7. The molecule has 3 saturated carbocycles. The van der Waals surface area contributed by atoms with Crippen LogP contribution in [0.2, 0.25) is 0 Å². The fourth-order valence-corrected chi connectivity index (χ4v) is 7.80. The molecule has 1 aromatic carbocycles. The maximum absolute atomic E-state index is 13.6. The van der Waals surface area contributed by atoms with E-state index in [1.807, 2.05) is 6.92 Å². The fourth-order valence-electron chi connectivity index (χ4n) is 7.80. The Hall–Kier alpha value is -2.62. The average molecular weight is 557 g/mol. The minimum Gasteiger partial charge on any atom is -0.493 e. The van der Waals surface area contributed by atoms with E-state index in [9.17, 15) is 24.9 Å². The number of aliphatic hydroxyl groups excluding tert-OH is 3. The molecule has 9 nitrogen and oxygen atoms in total. The Morgan fingerprint density at radius 3 is 2.62 bits per heavy atom. The number of amides is 2. The van der Waals surface area contributed by atoms with Crippen LogP contribution in [-0.2, 0) is 16.2 Å². The van der Waals surface area contributed by atoms with Crippen LogP contribution in [0.4, 0.5) is 0 Å². The zero-order valence-corrected chi connectivity index (χ0v) is 24.1. The molecule has 4 aliphatic carbocycles. The van der Waals surface area contributed by atoms with Crippen molar-refractivity contribution < 1.29 is 34.4 Å². The first-order chi connectivity index (χ1) is 19.2. The van der Waals surface area contributed by atoms with Crippen LogP contribution in [0.3, 0.4) is 0 Å². The van der Waals surface area contributed by atoms with Crippen LogP contribution in [0.15, 0.2) is 23.8 Å². The summed E-state index contributed by atoms with van der Waals surface area (Å²) in [5.74, 6) is 1.40. The van der Waals surface area contributed by atoms with E-state index in [-0.39, 0.29) is 37.0 Å². The van der Waals surface area contributed by atoms with Gasteiger partial charge < -0.3 is 35.0 Å². The van der Waals surface area contributed by atoms with E-state index < -0.39 is 24.2 Å². The lowest BCUT2D eigenvalue weighted by Crippen LogP contribution is -2.59. The molecule has 40 heavy (non-hydrogen) atoms. The highest BCUT2D eigenvalue weighted by Crippen LogP contribution is 2.61. The topological polar surface area (TPSA) is 129 Å². The van der Waals surface area contributed by atoms with Crippen LogP contribution in [0, 0.1) is 23.2 Å². The van der Waals surface area contributed by atoms with Crippen LogP contribution in [-0.4, -0.2) is 77.1 Å². The van der Waals surface area contributed by atoms with Crippen LogP contribution in [0.5, 0.6) is 11.5 Å². The number of nitrogens with one attached hydrogen (secondary N) is 1. The van der Waals surface area contributed by atoms with Gasteiger partial charge >= 0.3 is 0 Å². The van der Waals surface area contributed by atoms with Crippen molar-refractivity contribution >= 4 is 11.8 Å². The monoisotopic (exact) mass is 556 g/mol. The third-order valence-corrected chi connectivity index (χ3v) is 10.1. The molecule has 1 aromatic rings. The molecule has 0 spiro atoms. The highest BCUT2D eigenvalue weighted by atomic mass is 16.5. The second-order valence-corrected chi connectivity index (χ2v) is 12.5. The number of ether oxygens (including phenoxy) is 2. The average Bonchev–Trinajstić information content (AvgIpc) is 3.34. The summed E-state index contributed by atoms with van der Waals surface area (Å²) in [6.45, 7) is 6.80. The molecule has 1 aliphatic heterocycles. The molecule has 1 heterocycles. The zero-order chi connectivity index (χ0) is 28.8. The number of carbonyl (C=O) groups is 2. The second kappa shape index (κ2) is 11.3. The number of benzene rings is 1. The summed E-state index contributed by atoms with van der Waals surface area (Å²) in [6.07, 6.45) is 4.26. The number of hydrogen-bond donors (Lipinski definition) is 4. The molecule has 0 aromatic heterocycles. The van der Waals surface area contributed by atoms with Gasteiger partial charge in [-0.1, -0.05) is 20.8 Å². The van der Waals surface area contributed by atoms with Gasteiger partial charge in [0.1, 0.15) is 12.2 Å². The van der Waals surface area contributed by atoms with Crippen LogP contribution in [0.25, 0.3) is 0 Å². The van der Waals surface area contributed by atoms with Crippen LogP contribution in [0.1, 0.15) is 69.9 Å². The van der Waals surface area contributed by atoms with Gasteiger partial charge in [-0.3, -0.25) is 9.59 Å². The number of aliphatic hydroxyl groups is 3. The fraction of sp³-hybridized carbons (Fsp3) is 0.677. The first-order valence-corrected chi connectivity index (χ1v) is 14.7. The smallest absolute Gasteiger partial charge is 0.247 e. The Morgan fingerprint density at radius 2 is 2.00 bits per heavy atom.